The normalized spacial score (nSPS) is 14.6. The molecule has 2 heterocycles. The zero-order chi connectivity index (χ0) is 19.1. The number of nitrogens with one attached hydrogen (secondary N) is 2. The van der Waals surface area contributed by atoms with Crippen LogP contribution < -0.4 is 15.5 Å². The number of carbonyl (C=O) groups excluding carboxylic acids is 2. The Balaban J connectivity index is 1.37. The fourth-order valence-electron chi connectivity index (χ4n) is 2.76. The number of para-hydroxylation sites is 1. The van der Waals surface area contributed by atoms with Crippen LogP contribution in [-0.2, 0) is 9.59 Å². The van der Waals surface area contributed by atoms with E-state index < -0.39 is 0 Å². The quantitative estimate of drug-likeness (QED) is 0.710. The second-order valence-electron chi connectivity index (χ2n) is 6.12. The van der Waals surface area contributed by atoms with E-state index in [0.29, 0.717) is 11.6 Å². The zero-order valence-corrected chi connectivity index (χ0v) is 16.4. The summed E-state index contributed by atoms with van der Waals surface area (Å²) in [7, 11) is 0. The SMILES string of the molecule is O=C(CN1CCN(c2ncccn2)CC1)NCC(=O)Nc1ccccc1Br. The van der Waals surface area contributed by atoms with E-state index in [0.717, 1.165) is 30.7 Å². The van der Waals surface area contributed by atoms with Gasteiger partial charge in [0.05, 0.1) is 18.8 Å². The lowest BCUT2D eigenvalue weighted by molar-refractivity contribution is -0.125. The molecule has 0 aliphatic carbocycles. The van der Waals surface area contributed by atoms with Crippen molar-refractivity contribution >= 4 is 39.4 Å². The number of rotatable bonds is 6. The van der Waals surface area contributed by atoms with E-state index in [4.69, 9.17) is 0 Å². The lowest BCUT2D eigenvalue weighted by atomic mass is 10.3. The summed E-state index contributed by atoms with van der Waals surface area (Å²) in [6, 6.07) is 9.12. The van der Waals surface area contributed by atoms with Gasteiger partial charge in [0.15, 0.2) is 0 Å². The number of amides is 2. The van der Waals surface area contributed by atoms with Gasteiger partial charge in [-0.3, -0.25) is 14.5 Å². The summed E-state index contributed by atoms with van der Waals surface area (Å²) in [4.78, 5) is 36.7. The van der Waals surface area contributed by atoms with Gasteiger partial charge in [-0.2, -0.15) is 0 Å². The summed E-state index contributed by atoms with van der Waals surface area (Å²) in [6.45, 7) is 3.23. The second kappa shape index (κ2) is 9.43. The predicted octanol–water partition coefficient (Wildman–Crippen LogP) is 1.12. The monoisotopic (exact) mass is 432 g/mol. The fraction of sp³-hybridized carbons (Fsp3) is 0.333. The van der Waals surface area contributed by atoms with Crippen LogP contribution in [0, 0.1) is 0 Å². The van der Waals surface area contributed by atoms with E-state index in [9.17, 15) is 9.59 Å². The zero-order valence-electron chi connectivity index (χ0n) is 14.8. The number of nitrogens with zero attached hydrogens (tertiary/aromatic N) is 4. The van der Waals surface area contributed by atoms with Crippen LogP contribution in [-0.4, -0.2) is 66.0 Å². The van der Waals surface area contributed by atoms with E-state index in [1.165, 1.54) is 0 Å². The van der Waals surface area contributed by atoms with Crippen LogP contribution >= 0.6 is 15.9 Å². The fourth-order valence-corrected chi connectivity index (χ4v) is 3.14. The molecular formula is C18H21BrN6O2. The Morgan fingerprint density at radius 2 is 1.70 bits per heavy atom. The molecule has 1 aromatic carbocycles. The third kappa shape index (κ3) is 5.73. The molecule has 0 unspecified atom stereocenters. The number of hydrogen-bond acceptors (Lipinski definition) is 6. The summed E-state index contributed by atoms with van der Waals surface area (Å²) >= 11 is 3.37. The highest BCUT2D eigenvalue weighted by atomic mass is 79.9. The number of benzene rings is 1. The van der Waals surface area contributed by atoms with E-state index in [1.807, 2.05) is 18.2 Å². The summed E-state index contributed by atoms with van der Waals surface area (Å²) in [6.07, 6.45) is 3.45. The number of anilines is 2. The molecule has 1 saturated heterocycles. The maximum absolute atomic E-state index is 12.1. The molecule has 8 nitrogen and oxygen atoms in total. The first-order valence-corrected chi connectivity index (χ1v) is 9.46. The molecule has 0 saturated carbocycles. The molecule has 0 atom stereocenters. The first-order valence-electron chi connectivity index (χ1n) is 8.67. The molecule has 1 fully saturated rings. The van der Waals surface area contributed by atoms with Crippen LogP contribution in [0.5, 0.6) is 0 Å². The van der Waals surface area contributed by atoms with Gasteiger partial charge in [0.1, 0.15) is 0 Å². The summed E-state index contributed by atoms with van der Waals surface area (Å²) in [5, 5.41) is 5.42. The molecule has 142 valence electrons. The smallest absolute Gasteiger partial charge is 0.243 e. The molecule has 1 aromatic heterocycles. The molecule has 3 rings (SSSR count). The first-order chi connectivity index (χ1) is 13.1. The Hall–Kier alpha value is -2.52. The van der Waals surface area contributed by atoms with Crippen molar-refractivity contribution in [3.63, 3.8) is 0 Å². The molecule has 1 aliphatic heterocycles. The number of halogens is 1. The van der Waals surface area contributed by atoms with E-state index in [-0.39, 0.29) is 24.9 Å². The van der Waals surface area contributed by atoms with Gasteiger partial charge < -0.3 is 15.5 Å². The van der Waals surface area contributed by atoms with Crippen LogP contribution in [0.4, 0.5) is 11.6 Å². The second-order valence-corrected chi connectivity index (χ2v) is 6.97. The van der Waals surface area contributed by atoms with Crippen molar-refractivity contribution in [1.82, 2.24) is 20.2 Å². The first kappa shape index (κ1) is 19.2. The minimum Gasteiger partial charge on any atom is -0.346 e. The van der Waals surface area contributed by atoms with Gasteiger partial charge in [-0.15, -0.1) is 0 Å². The molecule has 0 bridgehead atoms. The van der Waals surface area contributed by atoms with Crippen LogP contribution in [0.2, 0.25) is 0 Å². The lowest BCUT2D eigenvalue weighted by Crippen LogP contribution is -2.50. The van der Waals surface area contributed by atoms with Crippen molar-refractivity contribution in [3.05, 3.63) is 47.2 Å². The van der Waals surface area contributed by atoms with Crippen molar-refractivity contribution in [3.8, 4) is 0 Å². The van der Waals surface area contributed by atoms with E-state index in [2.05, 4.69) is 46.3 Å². The number of aromatic nitrogens is 2. The molecule has 0 spiro atoms. The van der Waals surface area contributed by atoms with Gasteiger partial charge in [-0.1, -0.05) is 12.1 Å². The van der Waals surface area contributed by atoms with Crippen molar-refractivity contribution in [1.29, 1.82) is 0 Å². The van der Waals surface area contributed by atoms with E-state index >= 15 is 0 Å². The highest BCUT2D eigenvalue weighted by Crippen LogP contribution is 2.20. The minimum absolute atomic E-state index is 0.0576. The molecule has 2 N–H and O–H groups in total. The molecule has 1 aliphatic rings. The Labute approximate surface area is 166 Å². The van der Waals surface area contributed by atoms with Crippen molar-refractivity contribution < 1.29 is 9.59 Å². The Morgan fingerprint density at radius 3 is 2.41 bits per heavy atom. The maximum atomic E-state index is 12.1. The van der Waals surface area contributed by atoms with Crippen LogP contribution in [0.3, 0.4) is 0 Å². The highest BCUT2D eigenvalue weighted by Gasteiger charge is 2.20. The third-order valence-electron chi connectivity index (χ3n) is 4.17. The van der Waals surface area contributed by atoms with E-state index in [1.54, 1.807) is 24.5 Å². The molecule has 0 radical (unpaired) electrons. The summed E-state index contributed by atoms with van der Waals surface area (Å²) in [5.41, 5.74) is 0.677. The number of piperazine rings is 1. The van der Waals surface area contributed by atoms with Gasteiger partial charge in [-0.05, 0) is 34.1 Å². The van der Waals surface area contributed by atoms with Gasteiger partial charge in [0.25, 0.3) is 0 Å². The predicted molar refractivity (Wildman–Crippen MR) is 106 cm³/mol. The molecule has 2 aromatic rings. The minimum atomic E-state index is -0.263. The largest absolute Gasteiger partial charge is 0.346 e. The van der Waals surface area contributed by atoms with Crippen LogP contribution in [0.1, 0.15) is 0 Å². The molecular weight excluding hydrogens is 412 g/mol. The maximum Gasteiger partial charge on any atom is 0.243 e. The Kier molecular flexibility index (Phi) is 6.72. The van der Waals surface area contributed by atoms with Gasteiger partial charge >= 0.3 is 0 Å². The Bertz CT molecular complexity index is 780. The van der Waals surface area contributed by atoms with Gasteiger partial charge in [0, 0.05) is 43.0 Å². The molecule has 2 amide bonds. The van der Waals surface area contributed by atoms with Gasteiger partial charge in [-0.25, -0.2) is 9.97 Å². The van der Waals surface area contributed by atoms with Crippen molar-refractivity contribution in [2.24, 2.45) is 0 Å². The molecule has 27 heavy (non-hydrogen) atoms. The molecule has 9 heteroatoms. The Morgan fingerprint density at radius 1 is 1.00 bits per heavy atom. The standard InChI is InChI=1S/C18H21BrN6O2/c19-14-4-1-2-5-15(14)23-16(26)12-22-17(27)13-24-8-10-25(11-9-24)18-20-6-3-7-21-18/h1-7H,8-13H2,(H,22,27)(H,23,26). The topological polar surface area (TPSA) is 90.5 Å². The number of hydrogen-bond donors (Lipinski definition) is 2. The van der Waals surface area contributed by atoms with Crippen LogP contribution in [0.15, 0.2) is 47.2 Å². The highest BCUT2D eigenvalue weighted by molar-refractivity contribution is 9.10. The number of carbonyl (C=O) groups is 2. The van der Waals surface area contributed by atoms with Crippen LogP contribution in [0.25, 0.3) is 0 Å². The summed E-state index contributed by atoms with van der Waals surface area (Å²) < 4.78 is 0.796. The summed E-state index contributed by atoms with van der Waals surface area (Å²) in [5.74, 6) is 0.285. The average Bonchev–Trinajstić information content (AvgIpc) is 2.69. The third-order valence-corrected chi connectivity index (χ3v) is 4.86. The van der Waals surface area contributed by atoms with Crippen molar-refractivity contribution in [2.45, 2.75) is 0 Å². The van der Waals surface area contributed by atoms with Gasteiger partial charge in [0.2, 0.25) is 17.8 Å². The van der Waals surface area contributed by atoms with Crippen molar-refractivity contribution in [2.75, 3.05) is 49.5 Å². The lowest BCUT2D eigenvalue weighted by Gasteiger charge is -2.34. The average molecular weight is 433 g/mol.